The molecule has 0 unspecified atom stereocenters. The van der Waals surface area contributed by atoms with Gasteiger partial charge in [-0.15, -0.1) is 0 Å². The maximum atomic E-state index is 11.8. The Balaban J connectivity index is 2.75. The number of aromatic hydroxyl groups is 1. The fourth-order valence-corrected chi connectivity index (χ4v) is 1.67. The van der Waals surface area contributed by atoms with Crippen LogP contribution < -0.4 is 5.56 Å². The molecule has 2 aromatic heterocycles. The topological polar surface area (TPSA) is 55.1 Å². The van der Waals surface area contributed by atoms with Crippen LogP contribution in [0, 0.1) is 13.8 Å². The molecule has 0 atom stereocenters. The van der Waals surface area contributed by atoms with E-state index < -0.39 is 0 Å². The van der Waals surface area contributed by atoms with Crippen molar-refractivity contribution in [3.05, 3.63) is 52.1 Å². The number of aryl methyl sites for hydroxylation is 2. The molecule has 16 heavy (non-hydrogen) atoms. The third-order valence-corrected chi connectivity index (χ3v) is 2.39. The van der Waals surface area contributed by atoms with E-state index in [0.29, 0.717) is 11.5 Å². The van der Waals surface area contributed by atoms with Crippen molar-refractivity contribution in [1.82, 2.24) is 9.55 Å². The number of aromatic nitrogens is 2. The van der Waals surface area contributed by atoms with Crippen LogP contribution in [0.5, 0.6) is 5.75 Å². The Kier molecular flexibility index (Phi) is 2.48. The van der Waals surface area contributed by atoms with E-state index in [-0.39, 0.29) is 11.3 Å². The molecule has 0 aliphatic carbocycles. The molecule has 4 heteroatoms. The van der Waals surface area contributed by atoms with Gasteiger partial charge in [-0.2, -0.15) is 0 Å². The minimum Gasteiger partial charge on any atom is -0.508 e. The molecule has 0 saturated heterocycles. The van der Waals surface area contributed by atoms with Crippen LogP contribution in [0.2, 0.25) is 0 Å². The van der Waals surface area contributed by atoms with E-state index in [0.717, 1.165) is 5.56 Å². The van der Waals surface area contributed by atoms with Gasteiger partial charge in [0.25, 0.3) is 5.56 Å². The van der Waals surface area contributed by atoms with Crippen molar-refractivity contribution in [1.29, 1.82) is 0 Å². The number of hydrogen-bond donors (Lipinski definition) is 1. The van der Waals surface area contributed by atoms with E-state index >= 15 is 0 Å². The minimum absolute atomic E-state index is 0.0210. The summed E-state index contributed by atoms with van der Waals surface area (Å²) in [6.45, 7) is 3.65. The van der Waals surface area contributed by atoms with Crippen molar-refractivity contribution in [2.75, 3.05) is 0 Å². The third kappa shape index (κ3) is 1.69. The number of hydrogen-bond acceptors (Lipinski definition) is 3. The van der Waals surface area contributed by atoms with Gasteiger partial charge < -0.3 is 5.11 Å². The predicted octanol–water partition coefficient (Wildman–Crippen LogP) is 1.55. The Bertz CT molecular complexity index is 588. The fourth-order valence-electron chi connectivity index (χ4n) is 1.67. The van der Waals surface area contributed by atoms with Crippen molar-refractivity contribution in [2.24, 2.45) is 0 Å². The van der Waals surface area contributed by atoms with Crippen LogP contribution in [0.3, 0.4) is 0 Å². The second kappa shape index (κ2) is 3.81. The Morgan fingerprint density at radius 3 is 2.69 bits per heavy atom. The second-order valence-electron chi connectivity index (χ2n) is 3.67. The first-order chi connectivity index (χ1) is 7.59. The van der Waals surface area contributed by atoms with Crippen LogP contribution >= 0.6 is 0 Å². The summed E-state index contributed by atoms with van der Waals surface area (Å²) < 4.78 is 1.48. The lowest BCUT2D eigenvalue weighted by Crippen LogP contribution is -2.21. The zero-order valence-electron chi connectivity index (χ0n) is 9.14. The molecule has 0 bridgehead atoms. The summed E-state index contributed by atoms with van der Waals surface area (Å²) in [5.74, 6) is 0.581. The molecule has 0 spiro atoms. The molecule has 82 valence electrons. The van der Waals surface area contributed by atoms with Crippen LogP contribution in [-0.4, -0.2) is 14.7 Å². The summed E-state index contributed by atoms with van der Waals surface area (Å²) in [7, 11) is 0. The van der Waals surface area contributed by atoms with Gasteiger partial charge in [-0.3, -0.25) is 9.36 Å². The predicted molar refractivity (Wildman–Crippen MR) is 61.0 cm³/mol. The first-order valence-corrected chi connectivity index (χ1v) is 4.94. The van der Waals surface area contributed by atoms with Crippen LogP contribution in [-0.2, 0) is 0 Å². The Morgan fingerprint density at radius 1 is 1.31 bits per heavy atom. The van der Waals surface area contributed by atoms with Gasteiger partial charge in [0.15, 0.2) is 0 Å². The summed E-state index contributed by atoms with van der Waals surface area (Å²) in [4.78, 5) is 16.0. The normalized spacial score (nSPS) is 10.4. The van der Waals surface area contributed by atoms with Gasteiger partial charge in [0.1, 0.15) is 11.6 Å². The number of nitrogens with zero attached hydrogens (tertiary/aromatic N) is 2. The molecule has 0 aliphatic heterocycles. The number of rotatable bonds is 1. The fraction of sp³-hybridized carbons (Fsp3) is 0.167. The molecule has 0 saturated carbocycles. The summed E-state index contributed by atoms with van der Waals surface area (Å²) in [6.07, 6.45) is 1.64. The Morgan fingerprint density at radius 2 is 2.06 bits per heavy atom. The first-order valence-electron chi connectivity index (χ1n) is 4.94. The van der Waals surface area contributed by atoms with Crippen molar-refractivity contribution in [3.8, 4) is 11.6 Å². The Hall–Kier alpha value is -2.10. The zero-order chi connectivity index (χ0) is 11.7. The van der Waals surface area contributed by atoms with E-state index in [1.807, 2.05) is 19.1 Å². The molecule has 1 N–H and O–H groups in total. The highest BCUT2D eigenvalue weighted by atomic mass is 16.3. The number of pyridine rings is 2. The minimum atomic E-state index is -0.278. The lowest BCUT2D eigenvalue weighted by molar-refractivity contribution is 0.472. The molecule has 0 fully saturated rings. The van der Waals surface area contributed by atoms with Gasteiger partial charge in [-0.05, 0) is 31.5 Å². The first kappa shape index (κ1) is 10.4. The highest BCUT2D eigenvalue weighted by Gasteiger charge is 2.08. The van der Waals surface area contributed by atoms with Gasteiger partial charge in [0.05, 0.1) is 0 Å². The largest absolute Gasteiger partial charge is 0.508 e. The average Bonchev–Trinajstić information content (AvgIpc) is 2.19. The standard InChI is InChI=1S/C12H12N2O2/c1-8-4-3-5-13-12(8)14-9(2)6-10(15)7-11(14)16/h3-7,15H,1-2H3. The SMILES string of the molecule is Cc1cccnc1-n1c(C)cc(O)cc1=O. The highest BCUT2D eigenvalue weighted by molar-refractivity contribution is 5.36. The molecule has 4 nitrogen and oxygen atoms in total. The van der Waals surface area contributed by atoms with E-state index in [1.54, 1.807) is 13.1 Å². The van der Waals surface area contributed by atoms with Crippen LogP contribution in [0.25, 0.3) is 5.82 Å². The quantitative estimate of drug-likeness (QED) is 0.787. The van der Waals surface area contributed by atoms with Gasteiger partial charge >= 0.3 is 0 Å². The maximum Gasteiger partial charge on any atom is 0.260 e. The molecule has 0 amide bonds. The average molecular weight is 216 g/mol. The lowest BCUT2D eigenvalue weighted by atomic mass is 10.2. The maximum absolute atomic E-state index is 11.8. The summed E-state index contributed by atoms with van der Waals surface area (Å²) >= 11 is 0. The molecule has 2 aromatic rings. The van der Waals surface area contributed by atoms with Crippen LogP contribution in [0.4, 0.5) is 0 Å². The van der Waals surface area contributed by atoms with E-state index in [1.165, 1.54) is 16.7 Å². The molecule has 0 aliphatic rings. The van der Waals surface area contributed by atoms with Gasteiger partial charge in [0.2, 0.25) is 0 Å². The molecular formula is C12H12N2O2. The van der Waals surface area contributed by atoms with Crippen LogP contribution in [0.15, 0.2) is 35.3 Å². The smallest absolute Gasteiger partial charge is 0.260 e. The highest BCUT2D eigenvalue weighted by Crippen LogP contribution is 2.13. The van der Waals surface area contributed by atoms with Crippen molar-refractivity contribution < 1.29 is 5.11 Å². The van der Waals surface area contributed by atoms with E-state index in [9.17, 15) is 9.90 Å². The van der Waals surface area contributed by atoms with Crippen molar-refractivity contribution in [3.63, 3.8) is 0 Å². The molecule has 0 aromatic carbocycles. The van der Waals surface area contributed by atoms with Crippen molar-refractivity contribution in [2.45, 2.75) is 13.8 Å². The molecule has 0 radical (unpaired) electrons. The van der Waals surface area contributed by atoms with Gasteiger partial charge in [0, 0.05) is 18.0 Å². The summed E-state index contributed by atoms with van der Waals surface area (Å²) in [5.41, 5.74) is 1.30. The van der Waals surface area contributed by atoms with E-state index in [4.69, 9.17) is 0 Å². The van der Waals surface area contributed by atoms with Crippen LogP contribution in [0.1, 0.15) is 11.3 Å². The lowest BCUT2D eigenvalue weighted by Gasteiger charge is -2.10. The van der Waals surface area contributed by atoms with E-state index in [2.05, 4.69) is 4.98 Å². The third-order valence-electron chi connectivity index (χ3n) is 2.39. The summed E-state index contributed by atoms with van der Waals surface area (Å²) in [5, 5.41) is 9.30. The molecule has 2 rings (SSSR count). The Labute approximate surface area is 92.8 Å². The summed E-state index contributed by atoms with van der Waals surface area (Å²) in [6, 6.07) is 6.43. The molecule has 2 heterocycles. The van der Waals surface area contributed by atoms with Gasteiger partial charge in [-0.1, -0.05) is 6.07 Å². The van der Waals surface area contributed by atoms with Crippen molar-refractivity contribution >= 4 is 0 Å². The van der Waals surface area contributed by atoms with Gasteiger partial charge in [-0.25, -0.2) is 4.98 Å². The second-order valence-corrected chi connectivity index (χ2v) is 3.67. The zero-order valence-corrected chi connectivity index (χ0v) is 9.14. The molecular weight excluding hydrogens is 204 g/mol. The monoisotopic (exact) mass is 216 g/mol.